The Morgan fingerprint density at radius 2 is 1.83 bits per heavy atom. The second-order valence-corrected chi connectivity index (χ2v) is 6.87. The third-order valence-corrected chi connectivity index (χ3v) is 4.74. The van der Waals surface area contributed by atoms with Gasteiger partial charge in [-0.05, 0) is 50.1 Å². The number of anilines is 1. The summed E-state index contributed by atoms with van der Waals surface area (Å²) < 4.78 is 12.6. The third-order valence-electron chi connectivity index (χ3n) is 4.74. The third kappa shape index (κ3) is 4.68. The number of aromatic nitrogens is 2. The smallest absolute Gasteiger partial charge is 0.263 e. The van der Waals surface area contributed by atoms with Crippen molar-refractivity contribution < 1.29 is 19.4 Å². The van der Waals surface area contributed by atoms with Crippen LogP contribution in [0, 0.1) is 20.8 Å². The zero-order valence-corrected chi connectivity index (χ0v) is 17.0. The van der Waals surface area contributed by atoms with Gasteiger partial charge in [0.15, 0.2) is 18.4 Å². The van der Waals surface area contributed by atoms with E-state index in [9.17, 15) is 9.90 Å². The van der Waals surface area contributed by atoms with Gasteiger partial charge in [-0.1, -0.05) is 18.2 Å². The summed E-state index contributed by atoms with van der Waals surface area (Å²) in [6.45, 7) is 5.81. The molecule has 0 fully saturated rings. The molecule has 3 aromatic rings. The summed E-state index contributed by atoms with van der Waals surface area (Å²) in [5, 5.41) is 13.2. The molecule has 0 aliphatic rings. The molecule has 2 aromatic heterocycles. The van der Waals surface area contributed by atoms with Gasteiger partial charge < -0.3 is 19.9 Å². The van der Waals surface area contributed by atoms with Crippen molar-refractivity contribution in [3.63, 3.8) is 0 Å². The van der Waals surface area contributed by atoms with Crippen LogP contribution in [0.3, 0.4) is 0 Å². The molecule has 0 radical (unpaired) electrons. The van der Waals surface area contributed by atoms with Gasteiger partial charge in [-0.15, -0.1) is 0 Å². The molecule has 152 valence electrons. The number of amides is 1. The largest absolute Gasteiger partial charge is 0.497 e. The second kappa shape index (κ2) is 8.68. The number of benzene rings is 1. The second-order valence-electron chi connectivity index (χ2n) is 6.87. The summed E-state index contributed by atoms with van der Waals surface area (Å²) in [7, 11) is 1.61. The quantitative estimate of drug-likeness (QED) is 0.639. The first-order valence-corrected chi connectivity index (χ1v) is 9.26. The van der Waals surface area contributed by atoms with E-state index < -0.39 is 0 Å². The van der Waals surface area contributed by atoms with E-state index in [4.69, 9.17) is 9.47 Å². The fourth-order valence-corrected chi connectivity index (χ4v) is 2.93. The predicted octanol–water partition coefficient (Wildman–Crippen LogP) is 3.59. The predicted molar refractivity (Wildman–Crippen MR) is 111 cm³/mol. The Morgan fingerprint density at radius 1 is 1.10 bits per heavy atom. The van der Waals surface area contributed by atoms with Gasteiger partial charge in [0.25, 0.3) is 5.91 Å². The highest BCUT2D eigenvalue weighted by Gasteiger charge is 2.19. The minimum atomic E-state index is -0.324. The lowest BCUT2D eigenvalue weighted by molar-refractivity contribution is -0.118. The fraction of sp³-hybridized carbons (Fsp3) is 0.273. The van der Waals surface area contributed by atoms with Crippen LogP contribution in [0.5, 0.6) is 17.5 Å². The number of carbonyl (C=O) groups is 1. The summed E-state index contributed by atoms with van der Waals surface area (Å²) in [4.78, 5) is 16.4. The number of carbonyl (C=O) groups excluding carboxylic acids is 1. The number of aryl methyl sites for hydroxylation is 1. The topological polar surface area (TPSA) is 85.6 Å². The number of methoxy groups -OCH3 is 1. The minimum Gasteiger partial charge on any atom is -0.497 e. The van der Waals surface area contributed by atoms with E-state index in [-0.39, 0.29) is 18.4 Å². The molecule has 7 heteroatoms. The number of nitrogens with zero attached hydrogens (tertiary/aromatic N) is 2. The number of hydrogen-bond acceptors (Lipinski definition) is 5. The van der Waals surface area contributed by atoms with Gasteiger partial charge in [0.1, 0.15) is 11.6 Å². The first-order valence-electron chi connectivity index (χ1n) is 9.26. The zero-order chi connectivity index (χ0) is 21.0. The Bertz CT molecular complexity index is 992. The number of aromatic hydroxyl groups is 1. The molecule has 29 heavy (non-hydrogen) atoms. The molecule has 0 aliphatic carbocycles. The number of nitrogens with one attached hydrogen (secondary N) is 1. The summed E-state index contributed by atoms with van der Waals surface area (Å²) in [5.41, 5.74) is 3.48. The van der Waals surface area contributed by atoms with Gasteiger partial charge >= 0.3 is 0 Å². The molecule has 2 N–H and O–H groups in total. The highest BCUT2D eigenvalue weighted by atomic mass is 16.5. The molecule has 1 aromatic carbocycles. The maximum absolute atomic E-state index is 12.3. The Labute approximate surface area is 169 Å². The first-order chi connectivity index (χ1) is 13.9. The first kappa shape index (κ1) is 20.3. The highest BCUT2D eigenvalue weighted by molar-refractivity contribution is 5.90. The molecule has 3 rings (SSSR count). The Balaban J connectivity index is 1.73. The van der Waals surface area contributed by atoms with E-state index in [1.807, 2.05) is 51.1 Å². The Kier molecular flexibility index (Phi) is 6.07. The SMILES string of the molecule is COc1ccc(Cn2c(O)c(C)c(C)c2OCC(=O)Nc2ccc(C)cn2)cc1. The van der Waals surface area contributed by atoms with Crippen LogP contribution >= 0.6 is 0 Å². The van der Waals surface area contributed by atoms with Crippen LogP contribution in [-0.4, -0.2) is 34.3 Å². The number of hydrogen-bond donors (Lipinski definition) is 2. The van der Waals surface area contributed by atoms with Gasteiger partial charge in [0.2, 0.25) is 0 Å². The maximum atomic E-state index is 12.3. The molecule has 2 heterocycles. The van der Waals surface area contributed by atoms with Crippen LogP contribution in [0.15, 0.2) is 42.6 Å². The van der Waals surface area contributed by atoms with Crippen molar-refractivity contribution in [2.75, 3.05) is 19.0 Å². The molecule has 0 spiro atoms. The molecular formula is C22H25N3O4. The number of rotatable bonds is 7. The lowest BCUT2D eigenvalue weighted by Gasteiger charge is -2.13. The van der Waals surface area contributed by atoms with Crippen LogP contribution in [-0.2, 0) is 11.3 Å². The summed E-state index contributed by atoms with van der Waals surface area (Å²) in [5.74, 6) is 1.48. The number of pyridine rings is 1. The maximum Gasteiger partial charge on any atom is 0.263 e. The molecule has 0 atom stereocenters. The highest BCUT2D eigenvalue weighted by Crippen LogP contribution is 2.34. The van der Waals surface area contributed by atoms with Crippen molar-refractivity contribution >= 4 is 11.7 Å². The molecule has 0 unspecified atom stereocenters. The lowest BCUT2D eigenvalue weighted by Crippen LogP contribution is -2.22. The molecule has 1 amide bonds. The Morgan fingerprint density at radius 3 is 2.45 bits per heavy atom. The van der Waals surface area contributed by atoms with E-state index in [1.54, 1.807) is 23.9 Å². The summed E-state index contributed by atoms with van der Waals surface area (Å²) in [6.07, 6.45) is 1.68. The van der Waals surface area contributed by atoms with Crippen molar-refractivity contribution in [3.8, 4) is 17.5 Å². The normalized spacial score (nSPS) is 10.6. The number of ether oxygens (including phenoxy) is 2. The van der Waals surface area contributed by atoms with Crippen LogP contribution in [0.25, 0.3) is 0 Å². The average molecular weight is 395 g/mol. The molecule has 7 nitrogen and oxygen atoms in total. The fourth-order valence-electron chi connectivity index (χ4n) is 2.93. The van der Waals surface area contributed by atoms with Gasteiger partial charge in [0.05, 0.1) is 13.7 Å². The standard InChI is InChI=1S/C22H25N3O4/c1-14-5-10-19(23-11-14)24-20(26)13-29-22-16(3)15(2)21(27)25(22)12-17-6-8-18(28-4)9-7-17/h5-11,27H,12-13H2,1-4H3,(H,23,24,26). The van der Waals surface area contributed by atoms with Crippen LogP contribution in [0.1, 0.15) is 22.3 Å². The van der Waals surface area contributed by atoms with Crippen molar-refractivity contribution in [1.29, 1.82) is 0 Å². The van der Waals surface area contributed by atoms with Gasteiger partial charge in [-0.2, -0.15) is 0 Å². The van der Waals surface area contributed by atoms with E-state index >= 15 is 0 Å². The summed E-state index contributed by atoms with van der Waals surface area (Å²) in [6, 6.07) is 11.2. The molecule has 0 saturated heterocycles. The van der Waals surface area contributed by atoms with Crippen molar-refractivity contribution in [3.05, 3.63) is 64.8 Å². The van der Waals surface area contributed by atoms with Crippen molar-refractivity contribution in [2.24, 2.45) is 0 Å². The van der Waals surface area contributed by atoms with E-state index in [0.717, 1.165) is 22.4 Å². The minimum absolute atomic E-state index is 0.119. The van der Waals surface area contributed by atoms with E-state index in [1.165, 1.54) is 0 Å². The van der Waals surface area contributed by atoms with Crippen LogP contribution < -0.4 is 14.8 Å². The van der Waals surface area contributed by atoms with Gasteiger partial charge in [-0.25, -0.2) is 4.98 Å². The van der Waals surface area contributed by atoms with Crippen LogP contribution in [0.2, 0.25) is 0 Å². The molecule has 0 saturated carbocycles. The summed E-state index contributed by atoms with van der Waals surface area (Å²) >= 11 is 0. The van der Waals surface area contributed by atoms with Crippen LogP contribution in [0.4, 0.5) is 5.82 Å². The van der Waals surface area contributed by atoms with E-state index in [0.29, 0.717) is 23.8 Å². The van der Waals surface area contributed by atoms with Crippen molar-refractivity contribution in [1.82, 2.24) is 9.55 Å². The zero-order valence-electron chi connectivity index (χ0n) is 17.0. The lowest BCUT2D eigenvalue weighted by atomic mass is 10.2. The monoisotopic (exact) mass is 395 g/mol. The molecule has 0 aliphatic heterocycles. The van der Waals surface area contributed by atoms with Gasteiger partial charge in [-0.3, -0.25) is 9.36 Å². The van der Waals surface area contributed by atoms with Crippen molar-refractivity contribution in [2.45, 2.75) is 27.3 Å². The Hall–Kier alpha value is -3.48. The molecule has 0 bridgehead atoms. The van der Waals surface area contributed by atoms with Gasteiger partial charge in [0, 0.05) is 17.3 Å². The average Bonchev–Trinajstić information content (AvgIpc) is 2.92. The molecular weight excluding hydrogens is 370 g/mol. The van der Waals surface area contributed by atoms with E-state index in [2.05, 4.69) is 10.3 Å².